The maximum absolute atomic E-state index is 12.6. The average molecular weight is 427 g/mol. The minimum atomic E-state index is -3.92. The van der Waals surface area contributed by atoms with Crippen LogP contribution in [-0.4, -0.2) is 30.7 Å². The number of fused-ring (bicyclic) bond motifs is 1. The fourth-order valence-electron chi connectivity index (χ4n) is 3.31. The summed E-state index contributed by atoms with van der Waals surface area (Å²) in [5.74, 6) is 0.0380. The molecule has 0 radical (unpaired) electrons. The number of amides is 1. The van der Waals surface area contributed by atoms with Gasteiger partial charge in [0.25, 0.3) is 21.6 Å². The molecule has 0 spiro atoms. The maximum atomic E-state index is 12.6. The summed E-state index contributed by atoms with van der Waals surface area (Å²) in [5, 5.41) is 10.7. The van der Waals surface area contributed by atoms with Crippen molar-refractivity contribution in [3.05, 3.63) is 87.9 Å². The van der Waals surface area contributed by atoms with Crippen molar-refractivity contribution in [3.8, 4) is 0 Å². The normalized spacial score (nSPS) is 13.5. The zero-order valence-electron chi connectivity index (χ0n) is 15.6. The van der Waals surface area contributed by atoms with Crippen LogP contribution >= 0.6 is 0 Å². The van der Waals surface area contributed by atoms with Gasteiger partial charge in [0.15, 0.2) is 5.76 Å². The summed E-state index contributed by atoms with van der Waals surface area (Å²) in [6, 6.07) is 13.1. The number of hydrogen-bond donors (Lipinski definition) is 1. The van der Waals surface area contributed by atoms with E-state index in [4.69, 9.17) is 4.42 Å². The van der Waals surface area contributed by atoms with E-state index in [2.05, 4.69) is 4.72 Å². The van der Waals surface area contributed by atoms with Gasteiger partial charge in [-0.2, -0.15) is 0 Å². The Bertz CT molecular complexity index is 1200. The molecule has 3 aromatic rings. The lowest BCUT2D eigenvalue weighted by Crippen LogP contribution is -2.35. The van der Waals surface area contributed by atoms with Crippen molar-refractivity contribution in [2.45, 2.75) is 17.9 Å². The van der Waals surface area contributed by atoms with Crippen LogP contribution < -0.4 is 4.72 Å². The van der Waals surface area contributed by atoms with Crippen LogP contribution in [0.15, 0.2) is 70.2 Å². The summed E-state index contributed by atoms with van der Waals surface area (Å²) in [5.41, 5.74) is 2.03. The van der Waals surface area contributed by atoms with E-state index in [0.717, 1.165) is 23.3 Å². The molecule has 1 aromatic heterocycles. The van der Waals surface area contributed by atoms with Crippen molar-refractivity contribution >= 4 is 27.3 Å². The van der Waals surface area contributed by atoms with Gasteiger partial charge in [-0.1, -0.05) is 6.07 Å². The first kappa shape index (κ1) is 19.6. The standard InChI is InChI=1S/C20H17N3O6S/c24-20(19-2-1-11-29-19)22-10-9-14-3-4-16(12-15(14)13-22)21-30(27,28)18-7-5-17(6-8-18)23(25)26/h1-8,11-12,21H,9-10,13H2. The SMILES string of the molecule is O=C(c1ccco1)N1CCc2ccc(NS(=O)(=O)c3ccc([N+](=O)[O-])cc3)cc2C1. The van der Waals surface area contributed by atoms with Gasteiger partial charge >= 0.3 is 0 Å². The van der Waals surface area contributed by atoms with Crippen molar-refractivity contribution < 1.29 is 22.6 Å². The number of nitrogens with one attached hydrogen (secondary N) is 1. The number of hydrogen-bond acceptors (Lipinski definition) is 6. The molecule has 1 aliphatic heterocycles. The Hall–Kier alpha value is -3.66. The Morgan fingerprint density at radius 3 is 2.53 bits per heavy atom. The molecule has 9 nitrogen and oxygen atoms in total. The first-order valence-electron chi connectivity index (χ1n) is 9.05. The van der Waals surface area contributed by atoms with Crippen molar-refractivity contribution in [1.82, 2.24) is 4.90 Å². The zero-order chi connectivity index (χ0) is 21.3. The number of anilines is 1. The molecule has 0 bridgehead atoms. The second kappa shape index (κ2) is 7.64. The third kappa shape index (κ3) is 3.90. The lowest BCUT2D eigenvalue weighted by atomic mass is 9.99. The molecular weight excluding hydrogens is 410 g/mol. The molecule has 0 atom stereocenters. The second-order valence-electron chi connectivity index (χ2n) is 6.79. The highest BCUT2D eigenvalue weighted by Crippen LogP contribution is 2.26. The number of carbonyl (C=O) groups excluding carboxylic acids is 1. The molecule has 1 aliphatic rings. The molecule has 10 heteroatoms. The molecule has 2 aromatic carbocycles. The van der Waals surface area contributed by atoms with Crippen molar-refractivity contribution in [2.75, 3.05) is 11.3 Å². The predicted octanol–water partition coefficient (Wildman–Crippen LogP) is 3.19. The van der Waals surface area contributed by atoms with Crippen LogP contribution in [0.4, 0.5) is 11.4 Å². The predicted molar refractivity (Wildman–Crippen MR) is 107 cm³/mol. The van der Waals surface area contributed by atoms with Crippen molar-refractivity contribution in [1.29, 1.82) is 0 Å². The van der Waals surface area contributed by atoms with Crippen LogP contribution in [-0.2, 0) is 23.0 Å². The van der Waals surface area contributed by atoms with Gasteiger partial charge in [0.2, 0.25) is 0 Å². The molecule has 1 N–H and O–H groups in total. The van der Waals surface area contributed by atoms with E-state index in [1.54, 1.807) is 29.2 Å². The third-order valence-corrected chi connectivity index (χ3v) is 6.24. The van der Waals surface area contributed by atoms with Crippen LogP contribution in [0.5, 0.6) is 0 Å². The molecule has 0 unspecified atom stereocenters. The number of furan rings is 1. The van der Waals surface area contributed by atoms with Crippen LogP contribution in [0.3, 0.4) is 0 Å². The minimum Gasteiger partial charge on any atom is -0.459 e. The van der Waals surface area contributed by atoms with Gasteiger partial charge in [0.05, 0.1) is 16.1 Å². The van der Waals surface area contributed by atoms with E-state index < -0.39 is 14.9 Å². The van der Waals surface area contributed by atoms with Crippen LogP contribution in [0.25, 0.3) is 0 Å². The molecule has 0 saturated heterocycles. The van der Waals surface area contributed by atoms with Gasteiger partial charge in [-0.3, -0.25) is 19.6 Å². The lowest BCUT2D eigenvalue weighted by molar-refractivity contribution is -0.384. The van der Waals surface area contributed by atoms with Crippen LogP contribution in [0.2, 0.25) is 0 Å². The Labute approximate surface area is 172 Å². The molecule has 0 aliphatic carbocycles. The number of rotatable bonds is 5. The highest BCUT2D eigenvalue weighted by atomic mass is 32.2. The number of nitrogens with zero attached hydrogens (tertiary/aromatic N) is 2. The smallest absolute Gasteiger partial charge is 0.289 e. The van der Waals surface area contributed by atoms with Gasteiger partial charge in [-0.25, -0.2) is 8.42 Å². The van der Waals surface area contributed by atoms with Gasteiger partial charge in [-0.05, 0) is 53.9 Å². The summed E-state index contributed by atoms with van der Waals surface area (Å²) < 4.78 is 32.9. The number of benzene rings is 2. The molecule has 154 valence electrons. The van der Waals surface area contributed by atoms with Gasteiger partial charge in [0.1, 0.15) is 0 Å². The number of nitro groups is 1. The summed E-state index contributed by atoms with van der Waals surface area (Å²) in [6.45, 7) is 0.877. The van der Waals surface area contributed by atoms with E-state index in [0.29, 0.717) is 25.2 Å². The first-order valence-corrected chi connectivity index (χ1v) is 10.5. The third-order valence-electron chi connectivity index (χ3n) is 4.85. The second-order valence-corrected chi connectivity index (χ2v) is 8.48. The van der Waals surface area contributed by atoms with E-state index in [9.17, 15) is 23.3 Å². The molecule has 2 heterocycles. The topological polar surface area (TPSA) is 123 Å². The molecule has 30 heavy (non-hydrogen) atoms. The lowest BCUT2D eigenvalue weighted by Gasteiger charge is -2.28. The number of non-ortho nitro benzene ring substituents is 1. The van der Waals surface area contributed by atoms with Gasteiger partial charge < -0.3 is 9.32 Å². The Balaban J connectivity index is 1.53. The van der Waals surface area contributed by atoms with E-state index in [1.165, 1.54) is 18.4 Å². The number of sulfonamides is 1. The van der Waals surface area contributed by atoms with Crippen LogP contribution in [0.1, 0.15) is 21.7 Å². The first-order chi connectivity index (χ1) is 14.3. The summed E-state index contributed by atoms with van der Waals surface area (Å²) >= 11 is 0. The Morgan fingerprint density at radius 1 is 1.10 bits per heavy atom. The summed E-state index contributed by atoms with van der Waals surface area (Å²) in [6.07, 6.45) is 2.09. The number of carbonyl (C=O) groups is 1. The summed E-state index contributed by atoms with van der Waals surface area (Å²) in [7, 11) is -3.92. The van der Waals surface area contributed by atoms with Gasteiger partial charge in [-0.15, -0.1) is 0 Å². The molecule has 0 saturated carbocycles. The highest BCUT2D eigenvalue weighted by molar-refractivity contribution is 7.92. The minimum absolute atomic E-state index is 0.0829. The van der Waals surface area contributed by atoms with Crippen molar-refractivity contribution in [2.24, 2.45) is 0 Å². The quantitative estimate of drug-likeness (QED) is 0.493. The fraction of sp³-hybridized carbons (Fsp3) is 0.150. The molecule has 0 fully saturated rings. The Kier molecular flexibility index (Phi) is 5.00. The van der Waals surface area contributed by atoms with Crippen molar-refractivity contribution in [3.63, 3.8) is 0 Å². The highest BCUT2D eigenvalue weighted by Gasteiger charge is 2.24. The Morgan fingerprint density at radius 2 is 1.87 bits per heavy atom. The number of nitro benzene ring substituents is 1. The van der Waals surface area contributed by atoms with E-state index in [1.807, 2.05) is 6.07 Å². The fourth-order valence-corrected chi connectivity index (χ4v) is 4.36. The monoisotopic (exact) mass is 427 g/mol. The molecule has 4 rings (SSSR count). The van der Waals surface area contributed by atoms with E-state index >= 15 is 0 Å². The van der Waals surface area contributed by atoms with Gasteiger partial charge in [0, 0.05) is 30.9 Å². The maximum Gasteiger partial charge on any atom is 0.289 e. The largest absolute Gasteiger partial charge is 0.459 e. The van der Waals surface area contributed by atoms with Crippen LogP contribution in [0, 0.1) is 10.1 Å². The average Bonchev–Trinajstić information content (AvgIpc) is 3.27. The molecule has 1 amide bonds. The van der Waals surface area contributed by atoms with E-state index in [-0.39, 0.29) is 22.3 Å². The summed E-state index contributed by atoms with van der Waals surface area (Å²) in [4.78, 5) is 24.2. The zero-order valence-corrected chi connectivity index (χ0v) is 16.5. The molecular formula is C20H17N3O6S.